The summed E-state index contributed by atoms with van der Waals surface area (Å²) in [5, 5.41) is 0. The largest absolute Gasteiger partial charge is 0.466 e. The molecular formula is C13H15BrO3. The van der Waals surface area contributed by atoms with E-state index in [4.69, 9.17) is 4.74 Å². The predicted molar refractivity (Wildman–Crippen MR) is 68.7 cm³/mol. The van der Waals surface area contributed by atoms with E-state index in [0.717, 1.165) is 10.0 Å². The highest BCUT2D eigenvalue weighted by molar-refractivity contribution is 9.10. The van der Waals surface area contributed by atoms with Gasteiger partial charge in [-0.2, -0.15) is 0 Å². The van der Waals surface area contributed by atoms with Crippen LogP contribution in [0.2, 0.25) is 0 Å². The SMILES string of the molecule is CCOC(=O)CC(=O)CCc1cccc(Br)c1. The van der Waals surface area contributed by atoms with Gasteiger partial charge in [0.1, 0.15) is 12.2 Å². The number of ether oxygens (including phenoxy) is 1. The molecule has 0 aliphatic carbocycles. The molecule has 0 radical (unpaired) electrons. The quantitative estimate of drug-likeness (QED) is 0.599. The van der Waals surface area contributed by atoms with Crippen LogP contribution in [0, 0.1) is 0 Å². The summed E-state index contributed by atoms with van der Waals surface area (Å²) in [5.41, 5.74) is 1.08. The second kappa shape index (κ2) is 7.22. The van der Waals surface area contributed by atoms with Crippen molar-refractivity contribution in [2.75, 3.05) is 6.61 Å². The monoisotopic (exact) mass is 298 g/mol. The first-order chi connectivity index (χ1) is 8.11. The molecule has 4 heteroatoms. The Morgan fingerprint density at radius 1 is 1.35 bits per heavy atom. The Balaban J connectivity index is 2.35. The number of halogens is 1. The smallest absolute Gasteiger partial charge is 0.313 e. The molecule has 1 aromatic rings. The lowest BCUT2D eigenvalue weighted by Crippen LogP contribution is -2.11. The fourth-order valence-electron chi connectivity index (χ4n) is 1.44. The standard InChI is InChI=1S/C13H15BrO3/c1-2-17-13(16)9-12(15)7-6-10-4-3-5-11(14)8-10/h3-5,8H,2,6-7,9H2,1H3. The van der Waals surface area contributed by atoms with Gasteiger partial charge >= 0.3 is 5.97 Å². The second-order valence-electron chi connectivity index (χ2n) is 3.65. The third-order valence-corrected chi connectivity index (χ3v) is 2.72. The van der Waals surface area contributed by atoms with Crippen molar-refractivity contribution in [2.24, 2.45) is 0 Å². The van der Waals surface area contributed by atoms with Gasteiger partial charge in [-0.3, -0.25) is 9.59 Å². The Labute approximate surface area is 109 Å². The second-order valence-corrected chi connectivity index (χ2v) is 4.57. The van der Waals surface area contributed by atoms with Crippen molar-refractivity contribution < 1.29 is 14.3 Å². The molecule has 0 aliphatic rings. The van der Waals surface area contributed by atoms with Crippen molar-refractivity contribution in [3.63, 3.8) is 0 Å². The molecule has 0 spiro atoms. The molecule has 17 heavy (non-hydrogen) atoms. The molecule has 0 amide bonds. The molecule has 0 unspecified atom stereocenters. The van der Waals surface area contributed by atoms with Gasteiger partial charge in [0.05, 0.1) is 6.61 Å². The average molecular weight is 299 g/mol. The van der Waals surface area contributed by atoms with Crippen LogP contribution >= 0.6 is 15.9 Å². The van der Waals surface area contributed by atoms with Crippen LogP contribution in [0.1, 0.15) is 25.3 Å². The molecule has 0 heterocycles. The van der Waals surface area contributed by atoms with Crippen molar-refractivity contribution in [2.45, 2.75) is 26.2 Å². The highest BCUT2D eigenvalue weighted by Crippen LogP contribution is 2.13. The normalized spacial score (nSPS) is 10.0. The lowest BCUT2D eigenvalue weighted by Gasteiger charge is -2.02. The van der Waals surface area contributed by atoms with Crippen LogP contribution in [0.15, 0.2) is 28.7 Å². The summed E-state index contributed by atoms with van der Waals surface area (Å²) in [4.78, 5) is 22.5. The molecule has 0 saturated heterocycles. The molecule has 0 atom stereocenters. The molecule has 1 rings (SSSR count). The summed E-state index contributed by atoms with van der Waals surface area (Å²) in [6, 6.07) is 7.79. The number of aryl methyl sites for hydroxylation is 1. The maximum Gasteiger partial charge on any atom is 0.313 e. The third-order valence-electron chi connectivity index (χ3n) is 2.23. The molecule has 3 nitrogen and oxygen atoms in total. The molecule has 92 valence electrons. The van der Waals surface area contributed by atoms with E-state index < -0.39 is 5.97 Å². The average Bonchev–Trinajstić information content (AvgIpc) is 2.27. The van der Waals surface area contributed by atoms with Crippen LogP contribution in [0.4, 0.5) is 0 Å². The van der Waals surface area contributed by atoms with Gasteiger partial charge in [0.2, 0.25) is 0 Å². The van der Waals surface area contributed by atoms with Crippen LogP contribution in [0.25, 0.3) is 0 Å². The highest BCUT2D eigenvalue weighted by atomic mass is 79.9. The fourth-order valence-corrected chi connectivity index (χ4v) is 1.88. The van der Waals surface area contributed by atoms with E-state index in [-0.39, 0.29) is 12.2 Å². The molecule has 0 fully saturated rings. The predicted octanol–water partition coefficient (Wildman–Crippen LogP) is 2.90. The summed E-state index contributed by atoms with van der Waals surface area (Å²) < 4.78 is 5.71. The fraction of sp³-hybridized carbons (Fsp3) is 0.385. The minimum Gasteiger partial charge on any atom is -0.466 e. The van der Waals surface area contributed by atoms with E-state index in [1.807, 2.05) is 24.3 Å². The van der Waals surface area contributed by atoms with Gasteiger partial charge in [0.25, 0.3) is 0 Å². The number of carbonyl (C=O) groups excluding carboxylic acids is 2. The maximum atomic E-state index is 11.5. The van der Waals surface area contributed by atoms with Crippen LogP contribution < -0.4 is 0 Å². The molecular weight excluding hydrogens is 284 g/mol. The Morgan fingerprint density at radius 2 is 2.12 bits per heavy atom. The summed E-state index contributed by atoms with van der Waals surface area (Å²) >= 11 is 3.37. The van der Waals surface area contributed by atoms with Crippen LogP contribution in [0.5, 0.6) is 0 Å². The van der Waals surface area contributed by atoms with E-state index in [2.05, 4.69) is 15.9 Å². The van der Waals surface area contributed by atoms with E-state index in [9.17, 15) is 9.59 Å². The Kier molecular flexibility index (Phi) is 5.91. The number of hydrogen-bond acceptors (Lipinski definition) is 3. The number of rotatable bonds is 6. The number of ketones is 1. The number of carbonyl (C=O) groups is 2. The van der Waals surface area contributed by atoms with E-state index in [1.54, 1.807) is 6.92 Å². The van der Waals surface area contributed by atoms with Gasteiger partial charge in [0, 0.05) is 10.9 Å². The maximum absolute atomic E-state index is 11.5. The molecule has 0 saturated carbocycles. The first-order valence-electron chi connectivity index (χ1n) is 5.53. The Morgan fingerprint density at radius 3 is 2.76 bits per heavy atom. The van der Waals surface area contributed by atoms with Crippen molar-refractivity contribution in [3.8, 4) is 0 Å². The number of Topliss-reactive ketones (excluding diaryl/α,β-unsaturated/α-hetero) is 1. The molecule has 0 bridgehead atoms. The Hall–Kier alpha value is -1.16. The highest BCUT2D eigenvalue weighted by Gasteiger charge is 2.10. The van der Waals surface area contributed by atoms with Crippen LogP contribution in [-0.2, 0) is 20.7 Å². The zero-order valence-electron chi connectivity index (χ0n) is 9.74. The lowest BCUT2D eigenvalue weighted by atomic mass is 10.1. The first kappa shape index (κ1) is 13.9. The van der Waals surface area contributed by atoms with Gasteiger partial charge in [0.15, 0.2) is 0 Å². The van der Waals surface area contributed by atoms with Gasteiger partial charge in [-0.15, -0.1) is 0 Å². The summed E-state index contributed by atoms with van der Waals surface area (Å²) in [6.45, 7) is 2.04. The summed E-state index contributed by atoms with van der Waals surface area (Å²) in [6.07, 6.45) is 0.898. The molecule has 0 N–H and O–H groups in total. The lowest BCUT2D eigenvalue weighted by molar-refractivity contribution is -0.145. The molecule has 0 aliphatic heterocycles. The minimum atomic E-state index is -0.438. The Bertz CT molecular complexity index is 401. The van der Waals surface area contributed by atoms with E-state index >= 15 is 0 Å². The van der Waals surface area contributed by atoms with E-state index in [0.29, 0.717) is 19.4 Å². The number of benzene rings is 1. The van der Waals surface area contributed by atoms with Crippen molar-refractivity contribution in [1.29, 1.82) is 0 Å². The number of esters is 1. The third kappa shape index (κ3) is 5.63. The van der Waals surface area contributed by atoms with E-state index in [1.165, 1.54) is 0 Å². The first-order valence-corrected chi connectivity index (χ1v) is 6.33. The number of hydrogen-bond donors (Lipinski definition) is 0. The molecule has 1 aromatic carbocycles. The van der Waals surface area contributed by atoms with Gasteiger partial charge in [-0.05, 0) is 31.0 Å². The van der Waals surface area contributed by atoms with Gasteiger partial charge in [-0.1, -0.05) is 28.1 Å². The zero-order chi connectivity index (χ0) is 12.7. The van der Waals surface area contributed by atoms with Gasteiger partial charge in [-0.25, -0.2) is 0 Å². The summed E-state index contributed by atoms with van der Waals surface area (Å²) in [5.74, 6) is -0.518. The topological polar surface area (TPSA) is 43.4 Å². The van der Waals surface area contributed by atoms with Crippen LogP contribution in [0.3, 0.4) is 0 Å². The van der Waals surface area contributed by atoms with Crippen molar-refractivity contribution in [1.82, 2.24) is 0 Å². The zero-order valence-corrected chi connectivity index (χ0v) is 11.3. The van der Waals surface area contributed by atoms with Crippen LogP contribution in [-0.4, -0.2) is 18.4 Å². The van der Waals surface area contributed by atoms with Crippen molar-refractivity contribution >= 4 is 27.7 Å². The minimum absolute atomic E-state index is 0.0802. The van der Waals surface area contributed by atoms with Crippen molar-refractivity contribution in [3.05, 3.63) is 34.3 Å². The summed E-state index contributed by atoms with van der Waals surface area (Å²) in [7, 11) is 0. The van der Waals surface area contributed by atoms with Gasteiger partial charge < -0.3 is 4.74 Å². The molecule has 0 aromatic heterocycles.